The molecule has 1 aliphatic heterocycles. The monoisotopic (exact) mass is 216 g/mol. The Kier molecular flexibility index (Phi) is 4.54. The third-order valence-corrected chi connectivity index (χ3v) is 3.02. The van der Waals surface area contributed by atoms with E-state index < -0.39 is 18.1 Å². The molecule has 1 fully saturated rings. The van der Waals surface area contributed by atoms with Crippen molar-refractivity contribution in [2.45, 2.75) is 57.8 Å². The number of rotatable bonds is 3. The number of ether oxygens (including phenoxy) is 1. The molecule has 15 heavy (non-hydrogen) atoms. The predicted octanol–water partition coefficient (Wildman–Crippen LogP) is 0.850. The highest BCUT2D eigenvalue weighted by atomic mass is 16.5. The molecule has 0 aromatic heterocycles. The molecule has 0 unspecified atom stereocenters. The zero-order valence-corrected chi connectivity index (χ0v) is 9.35. The molecule has 0 saturated carbocycles. The summed E-state index contributed by atoms with van der Waals surface area (Å²) < 4.78 is 5.21. The van der Waals surface area contributed by atoms with Gasteiger partial charge in [0.05, 0.1) is 18.1 Å². The SMILES string of the molecule is CC[C@H](O)C[C@@H]1CC[C@H](O)[C@H](C)C(=O)O1. The van der Waals surface area contributed by atoms with Crippen LogP contribution in [-0.4, -0.2) is 34.5 Å². The predicted molar refractivity (Wildman–Crippen MR) is 55.2 cm³/mol. The van der Waals surface area contributed by atoms with Crippen LogP contribution >= 0.6 is 0 Å². The van der Waals surface area contributed by atoms with Gasteiger partial charge in [0, 0.05) is 6.42 Å². The molecule has 1 heterocycles. The minimum atomic E-state index is -0.610. The van der Waals surface area contributed by atoms with Gasteiger partial charge in [0.2, 0.25) is 0 Å². The lowest BCUT2D eigenvalue weighted by atomic mass is 9.99. The van der Waals surface area contributed by atoms with Crippen molar-refractivity contribution in [2.75, 3.05) is 0 Å². The molecule has 88 valence electrons. The number of aliphatic hydroxyl groups is 2. The van der Waals surface area contributed by atoms with Crippen LogP contribution in [0.5, 0.6) is 0 Å². The summed E-state index contributed by atoms with van der Waals surface area (Å²) >= 11 is 0. The molecule has 0 aromatic carbocycles. The first-order chi connectivity index (χ1) is 7.04. The molecular weight excluding hydrogens is 196 g/mol. The highest BCUT2D eigenvalue weighted by Gasteiger charge is 2.31. The molecule has 2 N–H and O–H groups in total. The van der Waals surface area contributed by atoms with Crippen LogP contribution in [-0.2, 0) is 9.53 Å². The number of hydrogen-bond acceptors (Lipinski definition) is 4. The van der Waals surface area contributed by atoms with Crippen LogP contribution in [0.2, 0.25) is 0 Å². The number of carbonyl (C=O) groups is 1. The van der Waals surface area contributed by atoms with Crippen molar-refractivity contribution >= 4 is 5.97 Å². The molecule has 4 atom stereocenters. The first-order valence-corrected chi connectivity index (χ1v) is 5.61. The fourth-order valence-electron chi connectivity index (χ4n) is 1.73. The maximum absolute atomic E-state index is 11.4. The van der Waals surface area contributed by atoms with Gasteiger partial charge in [-0.05, 0) is 26.2 Å². The summed E-state index contributed by atoms with van der Waals surface area (Å²) in [6, 6.07) is 0. The Hall–Kier alpha value is -0.610. The number of aliphatic hydroxyl groups excluding tert-OH is 2. The molecule has 0 aliphatic carbocycles. The van der Waals surface area contributed by atoms with Gasteiger partial charge >= 0.3 is 5.97 Å². The lowest BCUT2D eigenvalue weighted by molar-refractivity contribution is -0.155. The Morgan fingerprint density at radius 3 is 2.80 bits per heavy atom. The minimum Gasteiger partial charge on any atom is -0.462 e. The summed E-state index contributed by atoms with van der Waals surface area (Å²) in [5.41, 5.74) is 0. The van der Waals surface area contributed by atoms with Gasteiger partial charge < -0.3 is 14.9 Å². The highest BCUT2D eigenvalue weighted by Crippen LogP contribution is 2.22. The molecule has 1 saturated heterocycles. The van der Waals surface area contributed by atoms with E-state index in [1.54, 1.807) is 6.92 Å². The Morgan fingerprint density at radius 2 is 2.20 bits per heavy atom. The maximum Gasteiger partial charge on any atom is 0.311 e. The summed E-state index contributed by atoms with van der Waals surface area (Å²) in [6.45, 7) is 3.56. The van der Waals surface area contributed by atoms with E-state index in [2.05, 4.69) is 0 Å². The summed E-state index contributed by atoms with van der Waals surface area (Å²) in [4.78, 5) is 11.4. The largest absolute Gasteiger partial charge is 0.462 e. The fourth-order valence-corrected chi connectivity index (χ4v) is 1.73. The van der Waals surface area contributed by atoms with Crippen molar-refractivity contribution < 1.29 is 19.7 Å². The second-order valence-electron chi connectivity index (χ2n) is 4.29. The van der Waals surface area contributed by atoms with Gasteiger partial charge in [-0.25, -0.2) is 0 Å². The van der Waals surface area contributed by atoms with E-state index in [4.69, 9.17) is 4.74 Å². The molecule has 1 aliphatic rings. The van der Waals surface area contributed by atoms with Crippen molar-refractivity contribution in [1.29, 1.82) is 0 Å². The van der Waals surface area contributed by atoms with Gasteiger partial charge in [0.1, 0.15) is 6.10 Å². The second-order valence-corrected chi connectivity index (χ2v) is 4.29. The van der Waals surface area contributed by atoms with Crippen molar-refractivity contribution in [1.82, 2.24) is 0 Å². The molecule has 0 radical (unpaired) electrons. The summed E-state index contributed by atoms with van der Waals surface area (Å²) in [7, 11) is 0. The fraction of sp³-hybridized carbons (Fsp3) is 0.909. The average molecular weight is 216 g/mol. The average Bonchev–Trinajstić information content (AvgIpc) is 2.33. The Labute approximate surface area is 90.2 Å². The van der Waals surface area contributed by atoms with E-state index in [9.17, 15) is 15.0 Å². The van der Waals surface area contributed by atoms with Crippen molar-refractivity contribution in [3.8, 4) is 0 Å². The van der Waals surface area contributed by atoms with E-state index >= 15 is 0 Å². The minimum absolute atomic E-state index is 0.243. The summed E-state index contributed by atoms with van der Waals surface area (Å²) in [5.74, 6) is -0.804. The number of hydrogen-bond donors (Lipinski definition) is 2. The molecular formula is C11H20O4. The molecule has 4 nitrogen and oxygen atoms in total. The molecule has 0 aromatic rings. The van der Waals surface area contributed by atoms with E-state index in [1.807, 2.05) is 6.92 Å². The van der Waals surface area contributed by atoms with Crippen molar-refractivity contribution in [3.05, 3.63) is 0 Å². The first-order valence-electron chi connectivity index (χ1n) is 5.61. The molecule has 0 bridgehead atoms. The highest BCUT2D eigenvalue weighted by molar-refractivity contribution is 5.73. The van der Waals surface area contributed by atoms with Crippen LogP contribution in [0.25, 0.3) is 0 Å². The van der Waals surface area contributed by atoms with Gasteiger partial charge in [-0.2, -0.15) is 0 Å². The molecule has 0 spiro atoms. The van der Waals surface area contributed by atoms with Crippen molar-refractivity contribution in [3.63, 3.8) is 0 Å². The normalized spacial score (nSPS) is 34.4. The van der Waals surface area contributed by atoms with Crippen LogP contribution in [0.4, 0.5) is 0 Å². The zero-order valence-electron chi connectivity index (χ0n) is 9.35. The number of esters is 1. The Bertz CT molecular complexity index is 217. The van der Waals surface area contributed by atoms with Crippen LogP contribution in [0.3, 0.4) is 0 Å². The van der Waals surface area contributed by atoms with Gasteiger partial charge in [-0.1, -0.05) is 6.92 Å². The first kappa shape index (κ1) is 12.5. The van der Waals surface area contributed by atoms with Crippen LogP contribution in [0.1, 0.15) is 39.5 Å². The number of carbonyl (C=O) groups excluding carboxylic acids is 1. The van der Waals surface area contributed by atoms with Gasteiger partial charge in [-0.3, -0.25) is 4.79 Å². The van der Waals surface area contributed by atoms with E-state index in [1.165, 1.54) is 0 Å². The molecule has 4 heteroatoms. The van der Waals surface area contributed by atoms with E-state index in [-0.39, 0.29) is 12.1 Å². The molecule has 1 rings (SSSR count). The van der Waals surface area contributed by atoms with Crippen LogP contribution in [0, 0.1) is 5.92 Å². The van der Waals surface area contributed by atoms with Gasteiger partial charge in [0.25, 0.3) is 0 Å². The van der Waals surface area contributed by atoms with Gasteiger partial charge in [0.15, 0.2) is 0 Å². The van der Waals surface area contributed by atoms with Crippen LogP contribution in [0.15, 0.2) is 0 Å². The standard InChI is InChI=1S/C11H20O4/c1-3-8(12)6-9-4-5-10(13)7(2)11(14)15-9/h7-10,12-13H,3-6H2,1-2H3/t7-,8-,9-,10-/m0/s1. The zero-order chi connectivity index (χ0) is 11.4. The summed E-state index contributed by atoms with van der Waals surface area (Å²) in [6.07, 6.45) is 1.05. The number of cyclic esters (lactones) is 1. The summed E-state index contributed by atoms with van der Waals surface area (Å²) in [5, 5.41) is 19.0. The maximum atomic E-state index is 11.4. The third-order valence-electron chi connectivity index (χ3n) is 3.02. The lowest BCUT2D eigenvalue weighted by Gasteiger charge is -2.18. The molecule has 0 amide bonds. The lowest BCUT2D eigenvalue weighted by Crippen LogP contribution is -2.26. The second kappa shape index (κ2) is 5.47. The Morgan fingerprint density at radius 1 is 1.53 bits per heavy atom. The smallest absolute Gasteiger partial charge is 0.311 e. The third kappa shape index (κ3) is 3.47. The van der Waals surface area contributed by atoms with Crippen LogP contribution < -0.4 is 0 Å². The van der Waals surface area contributed by atoms with Crippen molar-refractivity contribution in [2.24, 2.45) is 5.92 Å². The quantitative estimate of drug-likeness (QED) is 0.686. The topological polar surface area (TPSA) is 66.8 Å². The van der Waals surface area contributed by atoms with E-state index in [0.29, 0.717) is 25.7 Å². The Balaban J connectivity index is 2.51. The van der Waals surface area contributed by atoms with Gasteiger partial charge in [-0.15, -0.1) is 0 Å². The van der Waals surface area contributed by atoms with E-state index in [0.717, 1.165) is 0 Å².